The van der Waals surface area contributed by atoms with E-state index in [1.165, 1.54) is 0 Å². The molecule has 1 aromatic carbocycles. The van der Waals surface area contributed by atoms with Crippen molar-refractivity contribution in [2.45, 2.75) is 13.3 Å². The lowest BCUT2D eigenvalue weighted by Gasteiger charge is -2.03. The molecule has 0 saturated carbocycles. The maximum Gasteiger partial charge on any atom is 0.147 e. The van der Waals surface area contributed by atoms with E-state index in [1.54, 1.807) is 0 Å². The number of nitrogens with one attached hydrogen (secondary N) is 1. The lowest BCUT2D eigenvalue weighted by atomic mass is 10.2. The second-order valence-electron chi connectivity index (χ2n) is 3.25. The molecule has 15 heavy (non-hydrogen) atoms. The highest BCUT2D eigenvalue weighted by Crippen LogP contribution is 2.25. The summed E-state index contributed by atoms with van der Waals surface area (Å²) in [7, 11) is 0. The molecule has 0 fully saturated rings. The number of ether oxygens (including phenoxy) is 1. The summed E-state index contributed by atoms with van der Waals surface area (Å²) >= 11 is 5.58. The average molecular weight is 225 g/mol. The second-order valence-corrected chi connectivity index (χ2v) is 3.62. The van der Waals surface area contributed by atoms with Crippen LogP contribution in [-0.2, 0) is 6.42 Å². The third kappa shape index (κ3) is 1.92. The maximum atomic E-state index is 5.58. The number of fused-ring (bicyclic) bond motifs is 1. The van der Waals surface area contributed by atoms with E-state index in [0.29, 0.717) is 12.5 Å². The highest BCUT2D eigenvalue weighted by atomic mass is 35.5. The number of benzene rings is 1. The van der Waals surface area contributed by atoms with Crippen molar-refractivity contribution in [3.63, 3.8) is 0 Å². The van der Waals surface area contributed by atoms with Gasteiger partial charge in [-0.25, -0.2) is 0 Å². The van der Waals surface area contributed by atoms with Crippen LogP contribution >= 0.6 is 11.6 Å². The topological polar surface area (TPSA) is 37.9 Å². The maximum absolute atomic E-state index is 5.58. The average Bonchev–Trinajstić information content (AvgIpc) is 2.69. The molecule has 0 aliphatic carbocycles. The van der Waals surface area contributed by atoms with Gasteiger partial charge in [0.15, 0.2) is 0 Å². The summed E-state index contributed by atoms with van der Waals surface area (Å²) < 4.78 is 5.51. The van der Waals surface area contributed by atoms with Gasteiger partial charge in [0.25, 0.3) is 0 Å². The van der Waals surface area contributed by atoms with Crippen LogP contribution < -0.4 is 4.74 Å². The Labute approximate surface area is 93.4 Å². The van der Waals surface area contributed by atoms with Crippen molar-refractivity contribution in [3.05, 3.63) is 23.9 Å². The second kappa shape index (κ2) is 4.53. The first-order valence-corrected chi connectivity index (χ1v) is 5.55. The van der Waals surface area contributed by atoms with Gasteiger partial charge in [-0.3, -0.25) is 5.10 Å². The standard InChI is InChI=1S/C11H13ClN2O/c1-2-9-8-4-3-5-10(15-7-6-12)11(8)14-13-9/h3-5H,2,6-7H2,1H3,(H,13,14). The number of aromatic nitrogens is 2. The minimum Gasteiger partial charge on any atom is -0.490 e. The number of hydrogen-bond donors (Lipinski definition) is 1. The number of halogens is 1. The van der Waals surface area contributed by atoms with Crippen molar-refractivity contribution in [1.29, 1.82) is 0 Å². The fraction of sp³-hybridized carbons (Fsp3) is 0.364. The lowest BCUT2D eigenvalue weighted by Crippen LogP contribution is -1.98. The smallest absolute Gasteiger partial charge is 0.147 e. The minimum atomic E-state index is 0.488. The molecule has 80 valence electrons. The first-order valence-electron chi connectivity index (χ1n) is 5.01. The predicted octanol–water partition coefficient (Wildman–Crippen LogP) is 2.74. The van der Waals surface area contributed by atoms with E-state index >= 15 is 0 Å². The van der Waals surface area contributed by atoms with Crippen molar-refractivity contribution in [2.75, 3.05) is 12.5 Å². The van der Waals surface area contributed by atoms with E-state index in [-0.39, 0.29) is 0 Å². The number of alkyl halides is 1. The molecule has 1 heterocycles. The molecule has 2 aromatic rings. The molecule has 2 rings (SSSR count). The third-order valence-electron chi connectivity index (χ3n) is 2.32. The van der Waals surface area contributed by atoms with E-state index < -0.39 is 0 Å². The quantitative estimate of drug-likeness (QED) is 0.811. The largest absolute Gasteiger partial charge is 0.490 e. The number of aryl methyl sites for hydroxylation is 1. The molecule has 0 saturated heterocycles. The van der Waals surface area contributed by atoms with Gasteiger partial charge in [0.1, 0.15) is 17.9 Å². The van der Waals surface area contributed by atoms with E-state index in [4.69, 9.17) is 16.3 Å². The van der Waals surface area contributed by atoms with Crippen LogP contribution in [-0.4, -0.2) is 22.7 Å². The van der Waals surface area contributed by atoms with Gasteiger partial charge < -0.3 is 4.74 Å². The number of H-pyrrole nitrogens is 1. The SMILES string of the molecule is CCc1[nH]nc2c(OCCCl)cccc12. The van der Waals surface area contributed by atoms with Crippen LogP contribution in [0.15, 0.2) is 18.2 Å². The Balaban J connectivity index is 2.42. The van der Waals surface area contributed by atoms with Crippen LogP contribution in [0.5, 0.6) is 5.75 Å². The normalized spacial score (nSPS) is 10.8. The van der Waals surface area contributed by atoms with Crippen molar-refractivity contribution in [2.24, 2.45) is 0 Å². The van der Waals surface area contributed by atoms with Crippen molar-refractivity contribution >= 4 is 22.5 Å². The summed E-state index contributed by atoms with van der Waals surface area (Å²) in [6.45, 7) is 2.61. The van der Waals surface area contributed by atoms with Crippen LogP contribution in [0.3, 0.4) is 0 Å². The van der Waals surface area contributed by atoms with Gasteiger partial charge in [-0.2, -0.15) is 5.10 Å². The Morgan fingerprint density at radius 3 is 3.07 bits per heavy atom. The monoisotopic (exact) mass is 224 g/mol. The van der Waals surface area contributed by atoms with Gasteiger partial charge in [-0.1, -0.05) is 19.1 Å². The van der Waals surface area contributed by atoms with Gasteiger partial charge in [0, 0.05) is 11.1 Å². The van der Waals surface area contributed by atoms with Gasteiger partial charge in [0.2, 0.25) is 0 Å². The molecule has 0 aliphatic rings. The number of aromatic amines is 1. The zero-order chi connectivity index (χ0) is 10.7. The van der Waals surface area contributed by atoms with Crippen LogP contribution in [0, 0.1) is 0 Å². The Bertz CT molecular complexity index is 453. The van der Waals surface area contributed by atoms with Gasteiger partial charge in [-0.05, 0) is 12.5 Å². The van der Waals surface area contributed by atoms with E-state index in [0.717, 1.165) is 28.8 Å². The molecular weight excluding hydrogens is 212 g/mol. The molecule has 1 aromatic heterocycles. The molecule has 0 amide bonds. The lowest BCUT2D eigenvalue weighted by molar-refractivity contribution is 0.346. The van der Waals surface area contributed by atoms with E-state index in [2.05, 4.69) is 17.1 Å². The molecule has 0 unspecified atom stereocenters. The summed E-state index contributed by atoms with van der Waals surface area (Å²) in [5, 5.41) is 8.40. The molecule has 0 radical (unpaired) electrons. The highest BCUT2D eigenvalue weighted by Gasteiger charge is 2.08. The molecule has 4 heteroatoms. The molecule has 1 N–H and O–H groups in total. The molecule has 3 nitrogen and oxygen atoms in total. The fourth-order valence-corrected chi connectivity index (χ4v) is 1.68. The molecule has 0 bridgehead atoms. The summed E-state index contributed by atoms with van der Waals surface area (Å²) in [5.41, 5.74) is 2.03. The Kier molecular flexibility index (Phi) is 3.11. The van der Waals surface area contributed by atoms with Crippen LogP contribution in [0.2, 0.25) is 0 Å². The summed E-state index contributed by atoms with van der Waals surface area (Å²) in [5.74, 6) is 1.28. The Morgan fingerprint density at radius 1 is 1.47 bits per heavy atom. The molecule has 0 aliphatic heterocycles. The Morgan fingerprint density at radius 2 is 2.33 bits per heavy atom. The van der Waals surface area contributed by atoms with Crippen molar-refractivity contribution < 1.29 is 4.74 Å². The van der Waals surface area contributed by atoms with Gasteiger partial charge in [-0.15, -0.1) is 11.6 Å². The van der Waals surface area contributed by atoms with Crippen LogP contribution in [0.4, 0.5) is 0 Å². The van der Waals surface area contributed by atoms with Crippen LogP contribution in [0.1, 0.15) is 12.6 Å². The highest BCUT2D eigenvalue weighted by molar-refractivity contribution is 6.18. The molecular formula is C11H13ClN2O. The van der Waals surface area contributed by atoms with Crippen molar-refractivity contribution in [1.82, 2.24) is 10.2 Å². The van der Waals surface area contributed by atoms with Gasteiger partial charge >= 0.3 is 0 Å². The number of nitrogens with zero attached hydrogens (tertiary/aromatic N) is 1. The Hall–Kier alpha value is -1.22. The van der Waals surface area contributed by atoms with Gasteiger partial charge in [0.05, 0.1) is 5.88 Å². The minimum absolute atomic E-state index is 0.488. The van der Waals surface area contributed by atoms with E-state index in [9.17, 15) is 0 Å². The summed E-state index contributed by atoms with van der Waals surface area (Å²) in [6, 6.07) is 5.93. The van der Waals surface area contributed by atoms with Crippen LogP contribution in [0.25, 0.3) is 10.9 Å². The first kappa shape index (κ1) is 10.3. The zero-order valence-electron chi connectivity index (χ0n) is 8.59. The van der Waals surface area contributed by atoms with Crippen molar-refractivity contribution in [3.8, 4) is 5.75 Å². The predicted molar refractivity (Wildman–Crippen MR) is 61.7 cm³/mol. The summed E-state index contributed by atoms with van der Waals surface area (Å²) in [4.78, 5) is 0. The number of hydrogen-bond acceptors (Lipinski definition) is 2. The summed E-state index contributed by atoms with van der Waals surface area (Å²) in [6.07, 6.45) is 0.940. The number of para-hydroxylation sites is 1. The molecule has 0 atom stereocenters. The first-order chi connectivity index (χ1) is 7.36. The third-order valence-corrected chi connectivity index (χ3v) is 2.47. The fourth-order valence-electron chi connectivity index (χ4n) is 1.60. The zero-order valence-corrected chi connectivity index (χ0v) is 9.34. The number of rotatable bonds is 4. The molecule has 0 spiro atoms. The van der Waals surface area contributed by atoms with E-state index in [1.807, 2.05) is 18.2 Å².